The monoisotopic (exact) mass is 493 g/mol. The van der Waals surface area contributed by atoms with Gasteiger partial charge in [-0.05, 0) is 19.9 Å². The van der Waals surface area contributed by atoms with Crippen LogP contribution < -0.4 is 5.32 Å². The molecule has 0 aromatic heterocycles. The molecule has 0 heterocycles. The highest BCUT2D eigenvalue weighted by molar-refractivity contribution is 5.88. The van der Waals surface area contributed by atoms with Crippen molar-refractivity contribution in [2.75, 3.05) is 13.6 Å². The van der Waals surface area contributed by atoms with E-state index < -0.39 is 0 Å². The van der Waals surface area contributed by atoms with Crippen molar-refractivity contribution in [2.24, 2.45) is 5.92 Å². The van der Waals surface area contributed by atoms with Crippen molar-refractivity contribution >= 4 is 11.6 Å². The lowest BCUT2D eigenvalue weighted by atomic mass is 9.92. The second kappa shape index (κ2) is 27.9. The van der Waals surface area contributed by atoms with E-state index in [0.29, 0.717) is 31.6 Å². The molecule has 0 aromatic rings. The highest BCUT2D eigenvalue weighted by Gasteiger charge is 2.20. The van der Waals surface area contributed by atoms with Gasteiger partial charge in [-0.2, -0.15) is 0 Å². The molecule has 0 saturated carbocycles. The second-order valence-corrected chi connectivity index (χ2v) is 11.0. The van der Waals surface area contributed by atoms with Crippen molar-refractivity contribution in [2.45, 2.75) is 174 Å². The Morgan fingerprint density at radius 1 is 0.514 bits per heavy atom. The molecule has 0 saturated heterocycles. The Morgan fingerprint density at radius 3 is 1.23 bits per heavy atom. The van der Waals surface area contributed by atoms with Crippen molar-refractivity contribution in [1.82, 2.24) is 5.32 Å². The minimum Gasteiger partial charge on any atom is -0.319 e. The van der Waals surface area contributed by atoms with Crippen molar-refractivity contribution in [3.8, 4) is 0 Å². The predicted octanol–water partition coefficient (Wildman–Crippen LogP) is 9.75. The fourth-order valence-corrected chi connectivity index (χ4v) is 5.08. The summed E-state index contributed by atoms with van der Waals surface area (Å²) in [5.41, 5.74) is 0. The smallest absolute Gasteiger partial charge is 0.137 e. The molecule has 1 atom stereocenters. The Labute approximate surface area is 220 Å². The van der Waals surface area contributed by atoms with Crippen LogP contribution in [0.2, 0.25) is 0 Å². The Kier molecular flexibility index (Phi) is 27.3. The molecule has 0 radical (unpaired) electrons. The summed E-state index contributed by atoms with van der Waals surface area (Å²) in [6.07, 6.45) is 30.3. The van der Waals surface area contributed by atoms with Gasteiger partial charge in [0.15, 0.2) is 0 Å². The summed E-state index contributed by atoms with van der Waals surface area (Å²) >= 11 is 0. The number of carbonyl (C=O) groups is 2. The number of ketones is 2. The molecule has 0 aliphatic carbocycles. The first-order chi connectivity index (χ1) is 17.2. The summed E-state index contributed by atoms with van der Waals surface area (Å²) < 4.78 is 0. The molecular weight excluding hydrogens is 430 g/mol. The zero-order chi connectivity index (χ0) is 25.8. The largest absolute Gasteiger partial charge is 0.319 e. The molecule has 0 amide bonds. The third-order valence-corrected chi connectivity index (χ3v) is 7.47. The van der Waals surface area contributed by atoms with E-state index in [1.54, 1.807) is 0 Å². The molecular formula is C32H63NO2. The van der Waals surface area contributed by atoms with Gasteiger partial charge < -0.3 is 5.32 Å². The maximum atomic E-state index is 12.7. The first-order valence-corrected chi connectivity index (χ1v) is 15.8. The number of unbranched alkanes of at least 4 members (excludes halogenated alkanes) is 20. The lowest BCUT2D eigenvalue weighted by molar-refractivity contribution is -0.128. The van der Waals surface area contributed by atoms with Crippen LogP contribution in [0.5, 0.6) is 0 Å². The van der Waals surface area contributed by atoms with E-state index in [-0.39, 0.29) is 11.7 Å². The lowest BCUT2D eigenvalue weighted by Gasteiger charge is -2.15. The number of Topliss-reactive ketones (excluding diaryl/α,β-unsaturated/α-hetero) is 2. The molecule has 3 nitrogen and oxygen atoms in total. The summed E-state index contributed by atoms with van der Waals surface area (Å²) in [5, 5.41) is 3.14. The van der Waals surface area contributed by atoms with Crippen LogP contribution in [0, 0.1) is 5.92 Å². The molecule has 3 heteroatoms. The summed E-state index contributed by atoms with van der Waals surface area (Å²) in [7, 11) is 1.89. The summed E-state index contributed by atoms with van der Waals surface area (Å²) in [6.45, 7) is 5.17. The Balaban J connectivity index is 3.73. The van der Waals surface area contributed by atoms with Gasteiger partial charge in [0, 0.05) is 31.7 Å². The molecule has 0 aromatic carbocycles. The second-order valence-electron chi connectivity index (χ2n) is 11.0. The topological polar surface area (TPSA) is 46.2 Å². The van der Waals surface area contributed by atoms with Gasteiger partial charge in [0.2, 0.25) is 0 Å². The van der Waals surface area contributed by atoms with Crippen LogP contribution in [-0.2, 0) is 9.59 Å². The highest BCUT2D eigenvalue weighted by atomic mass is 16.1. The van der Waals surface area contributed by atoms with Crippen LogP contribution in [0.15, 0.2) is 0 Å². The minimum atomic E-state index is -0.122. The number of carbonyl (C=O) groups excluding carboxylic acids is 2. The molecule has 35 heavy (non-hydrogen) atoms. The van der Waals surface area contributed by atoms with Crippen LogP contribution in [0.4, 0.5) is 0 Å². The van der Waals surface area contributed by atoms with E-state index in [1.807, 2.05) is 7.05 Å². The third kappa shape index (κ3) is 24.8. The van der Waals surface area contributed by atoms with Gasteiger partial charge in [-0.25, -0.2) is 0 Å². The van der Waals surface area contributed by atoms with E-state index in [0.717, 1.165) is 25.7 Å². The predicted molar refractivity (Wildman–Crippen MR) is 154 cm³/mol. The molecule has 0 fully saturated rings. The number of hydrogen-bond donors (Lipinski definition) is 1. The standard InChI is InChI=1S/C32H63NO2/c1-4-6-8-10-12-14-16-18-20-22-24-26-31(34)28-30(29-33-3)32(35)27-25-23-21-19-17-15-13-11-9-7-5-2/h30,33H,4-29H2,1-3H3. The molecule has 0 bridgehead atoms. The van der Waals surface area contributed by atoms with Crippen LogP contribution in [0.1, 0.15) is 174 Å². The van der Waals surface area contributed by atoms with E-state index in [4.69, 9.17) is 0 Å². The van der Waals surface area contributed by atoms with E-state index in [2.05, 4.69) is 19.2 Å². The molecule has 1 unspecified atom stereocenters. The first-order valence-electron chi connectivity index (χ1n) is 15.8. The zero-order valence-corrected chi connectivity index (χ0v) is 24.3. The van der Waals surface area contributed by atoms with Crippen LogP contribution in [0.25, 0.3) is 0 Å². The average molecular weight is 494 g/mol. The van der Waals surface area contributed by atoms with Crippen molar-refractivity contribution < 1.29 is 9.59 Å². The minimum absolute atomic E-state index is 0.122. The number of hydrogen-bond acceptors (Lipinski definition) is 3. The molecule has 1 N–H and O–H groups in total. The van der Waals surface area contributed by atoms with Crippen LogP contribution in [-0.4, -0.2) is 25.2 Å². The van der Waals surface area contributed by atoms with Gasteiger partial charge >= 0.3 is 0 Å². The fourth-order valence-electron chi connectivity index (χ4n) is 5.08. The maximum absolute atomic E-state index is 12.7. The lowest BCUT2D eigenvalue weighted by Crippen LogP contribution is -2.28. The van der Waals surface area contributed by atoms with E-state index in [9.17, 15) is 9.59 Å². The molecule has 208 valence electrons. The quantitative estimate of drug-likeness (QED) is 0.105. The van der Waals surface area contributed by atoms with Crippen molar-refractivity contribution in [3.63, 3.8) is 0 Å². The maximum Gasteiger partial charge on any atom is 0.137 e. The summed E-state index contributed by atoms with van der Waals surface area (Å²) in [6, 6.07) is 0. The first kappa shape index (κ1) is 34.3. The normalized spacial score (nSPS) is 12.2. The van der Waals surface area contributed by atoms with Gasteiger partial charge in [-0.3, -0.25) is 9.59 Å². The average Bonchev–Trinajstić information content (AvgIpc) is 2.85. The molecule has 0 aliphatic heterocycles. The summed E-state index contributed by atoms with van der Waals surface area (Å²) in [5.74, 6) is 0.458. The van der Waals surface area contributed by atoms with Crippen molar-refractivity contribution in [3.05, 3.63) is 0 Å². The van der Waals surface area contributed by atoms with Gasteiger partial charge in [-0.1, -0.05) is 142 Å². The van der Waals surface area contributed by atoms with Gasteiger partial charge in [0.05, 0.1) is 0 Å². The van der Waals surface area contributed by atoms with Crippen LogP contribution in [0.3, 0.4) is 0 Å². The Bertz CT molecular complexity index is 462. The zero-order valence-electron chi connectivity index (χ0n) is 24.3. The van der Waals surface area contributed by atoms with Gasteiger partial charge in [0.25, 0.3) is 0 Å². The Morgan fingerprint density at radius 2 is 0.857 bits per heavy atom. The molecule has 0 rings (SSSR count). The Hall–Kier alpha value is -0.700. The third-order valence-electron chi connectivity index (χ3n) is 7.47. The van der Waals surface area contributed by atoms with Crippen molar-refractivity contribution in [1.29, 1.82) is 0 Å². The molecule has 0 spiro atoms. The highest BCUT2D eigenvalue weighted by Crippen LogP contribution is 2.17. The van der Waals surface area contributed by atoms with E-state index >= 15 is 0 Å². The summed E-state index contributed by atoms with van der Waals surface area (Å²) in [4.78, 5) is 25.2. The van der Waals surface area contributed by atoms with Gasteiger partial charge in [-0.15, -0.1) is 0 Å². The SMILES string of the molecule is CCCCCCCCCCCCCC(=O)CC(CNC)C(=O)CCCCCCCCCCCCC. The fraction of sp³-hybridized carbons (Fsp3) is 0.938. The van der Waals surface area contributed by atoms with Crippen LogP contribution >= 0.6 is 0 Å². The molecule has 0 aliphatic rings. The van der Waals surface area contributed by atoms with Gasteiger partial charge in [0.1, 0.15) is 11.6 Å². The number of rotatable bonds is 29. The van der Waals surface area contributed by atoms with E-state index in [1.165, 1.54) is 116 Å². The number of nitrogens with one attached hydrogen (secondary N) is 1.